The lowest BCUT2D eigenvalue weighted by molar-refractivity contribution is 0.103. The minimum Gasteiger partial charge on any atom is -0.493 e. The molecule has 4 heteroatoms. The molecule has 0 aliphatic heterocycles. The largest absolute Gasteiger partial charge is 0.493 e. The third kappa shape index (κ3) is 2.83. The van der Waals surface area contributed by atoms with Gasteiger partial charge in [-0.2, -0.15) is 0 Å². The van der Waals surface area contributed by atoms with Crippen molar-refractivity contribution in [2.24, 2.45) is 0 Å². The summed E-state index contributed by atoms with van der Waals surface area (Å²) in [7, 11) is 0. The third-order valence-corrected chi connectivity index (χ3v) is 3.24. The van der Waals surface area contributed by atoms with Crippen molar-refractivity contribution >= 4 is 17.4 Å². The lowest BCUT2D eigenvalue weighted by atomic mass is 10.0. The van der Waals surface area contributed by atoms with Crippen LogP contribution in [-0.4, -0.2) is 12.4 Å². The van der Waals surface area contributed by atoms with Crippen molar-refractivity contribution in [3.8, 4) is 5.75 Å². The first kappa shape index (κ1) is 14.5. The van der Waals surface area contributed by atoms with Gasteiger partial charge in [-0.15, -0.1) is 0 Å². The van der Waals surface area contributed by atoms with E-state index in [2.05, 4.69) is 0 Å². The Balaban J connectivity index is 2.49. The Bertz CT molecular complexity index is 653. The van der Waals surface area contributed by atoms with E-state index in [9.17, 15) is 9.18 Å². The van der Waals surface area contributed by atoms with Crippen molar-refractivity contribution in [2.75, 3.05) is 6.61 Å². The predicted molar refractivity (Wildman–Crippen MR) is 77.2 cm³/mol. The van der Waals surface area contributed by atoms with Gasteiger partial charge in [0.25, 0.3) is 0 Å². The van der Waals surface area contributed by atoms with E-state index >= 15 is 0 Å². The summed E-state index contributed by atoms with van der Waals surface area (Å²) in [5.41, 5.74) is 1.08. The number of aryl methyl sites for hydroxylation is 1. The van der Waals surface area contributed by atoms with Crippen LogP contribution in [0.3, 0.4) is 0 Å². The number of hydrogen-bond acceptors (Lipinski definition) is 2. The first-order chi connectivity index (χ1) is 9.54. The molecule has 0 aromatic heterocycles. The van der Waals surface area contributed by atoms with Gasteiger partial charge in [-0.25, -0.2) is 4.39 Å². The molecular formula is C16H14ClFO2. The molecule has 0 unspecified atom stereocenters. The molecule has 2 aromatic rings. The highest BCUT2D eigenvalue weighted by atomic mass is 35.5. The summed E-state index contributed by atoms with van der Waals surface area (Å²) in [5, 5.41) is 0.101. The van der Waals surface area contributed by atoms with E-state index in [0.29, 0.717) is 23.5 Å². The van der Waals surface area contributed by atoms with Gasteiger partial charge in [0.15, 0.2) is 5.78 Å². The lowest BCUT2D eigenvalue weighted by Crippen LogP contribution is -2.07. The number of hydrogen-bond donors (Lipinski definition) is 0. The number of ketones is 1. The van der Waals surface area contributed by atoms with Crippen molar-refractivity contribution in [1.82, 2.24) is 0 Å². The van der Waals surface area contributed by atoms with Gasteiger partial charge in [-0.3, -0.25) is 4.79 Å². The Hall–Kier alpha value is -1.87. The van der Waals surface area contributed by atoms with E-state index in [0.717, 1.165) is 6.07 Å². The molecule has 0 N–H and O–H groups in total. The smallest absolute Gasteiger partial charge is 0.198 e. The topological polar surface area (TPSA) is 26.3 Å². The van der Waals surface area contributed by atoms with Crippen LogP contribution in [0, 0.1) is 12.7 Å². The molecule has 0 fully saturated rings. The summed E-state index contributed by atoms with van der Waals surface area (Å²) >= 11 is 5.97. The summed E-state index contributed by atoms with van der Waals surface area (Å²) in [6.45, 7) is 3.90. The molecule has 0 saturated carbocycles. The van der Waals surface area contributed by atoms with Crippen molar-refractivity contribution in [3.63, 3.8) is 0 Å². The maximum absolute atomic E-state index is 13.4. The molecule has 0 radical (unpaired) electrons. The van der Waals surface area contributed by atoms with Crippen LogP contribution in [0.1, 0.15) is 28.4 Å². The molecule has 2 aromatic carbocycles. The van der Waals surface area contributed by atoms with Gasteiger partial charge >= 0.3 is 0 Å². The molecule has 0 amide bonds. The molecule has 0 atom stereocenters. The van der Waals surface area contributed by atoms with Crippen molar-refractivity contribution in [3.05, 3.63) is 63.9 Å². The van der Waals surface area contributed by atoms with Crippen LogP contribution in [0.15, 0.2) is 36.4 Å². The fourth-order valence-corrected chi connectivity index (χ4v) is 2.15. The highest BCUT2D eigenvalue weighted by Gasteiger charge is 2.18. The second-order valence-electron chi connectivity index (χ2n) is 4.34. The Kier molecular flexibility index (Phi) is 4.40. The highest BCUT2D eigenvalue weighted by molar-refractivity contribution is 6.35. The zero-order valence-corrected chi connectivity index (χ0v) is 12.0. The Morgan fingerprint density at radius 2 is 1.95 bits per heavy atom. The molecule has 2 nitrogen and oxygen atoms in total. The average molecular weight is 293 g/mol. The second-order valence-corrected chi connectivity index (χ2v) is 4.75. The lowest BCUT2D eigenvalue weighted by Gasteiger charge is -2.10. The van der Waals surface area contributed by atoms with Crippen LogP contribution in [-0.2, 0) is 0 Å². The van der Waals surface area contributed by atoms with Crippen LogP contribution in [0.4, 0.5) is 4.39 Å². The highest BCUT2D eigenvalue weighted by Crippen LogP contribution is 2.27. The van der Waals surface area contributed by atoms with Crippen molar-refractivity contribution in [1.29, 1.82) is 0 Å². The Morgan fingerprint density at radius 3 is 2.65 bits per heavy atom. The van der Waals surface area contributed by atoms with E-state index in [1.807, 2.05) is 6.92 Å². The molecule has 2 rings (SSSR count). The zero-order chi connectivity index (χ0) is 14.7. The normalized spacial score (nSPS) is 10.4. The quantitative estimate of drug-likeness (QED) is 0.780. The van der Waals surface area contributed by atoms with Crippen LogP contribution in [0.25, 0.3) is 0 Å². The summed E-state index contributed by atoms with van der Waals surface area (Å²) in [6.07, 6.45) is 0. The third-order valence-electron chi connectivity index (χ3n) is 2.92. The van der Waals surface area contributed by atoms with E-state index in [1.165, 1.54) is 6.07 Å². The van der Waals surface area contributed by atoms with E-state index < -0.39 is 5.82 Å². The summed E-state index contributed by atoms with van der Waals surface area (Å²) in [4.78, 5) is 12.5. The van der Waals surface area contributed by atoms with Crippen molar-refractivity contribution < 1.29 is 13.9 Å². The number of halogens is 2. The first-order valence-corrected chi connectivity index (χ1v) is 6.64. The van der Waals surface area contributed by atoms with Gasteiger partial charge in [-0.1, -0.05) is 23.7 Å². The maximum Gasteiger partial charge on any atom is 0.198 e. The molecule has 0 saturated heterocycles. The number of benzene rings is 2. The van der Waals surface area contributed by atoms with Crippen LogP contribution < -0.4 is 4.74 Å². The van der Waals surface area contributed by atoms with Crippen LogP contribution >= 0.6 is 11.6 Å². The number of para-hydroxylation sites is 1. The van der Waals surface area contributed by atoms with E-state index in [4.69, 9.17) is 16.3 Å². The van der Waals surface area contributed by atoms with Gasteiger partial charge in [0.05, 0.1) is 17.2 Å². The molecule has 0 aliphatic carbocycles. The average Bonchev–Trinajstić information content (AvgIpc) is 2.43. The molecule has 0 aliphatic rings. The van der Waals surface area contributed by atoms with Crippen LogP contribution in [0.2, 0.25) is 5.02 Å². The Labute approximate surface area is 122 Å². The van der Waals surface area contributed by atoms with Crippen molar-refractivity contribution in [2.45, 2.75) is 13.8 Å². The monoisotopic (exact) mass is 292 g/mol. The molecule has 0 bridgehead atoms. The number of carbonyl (C=O) groups excluding carboxylic acids is 1. The standard InChI is InChI=1S/C16H14ClFO2/c1-3-20-15-7-5-4-6-11(15)16(19)12-8-10(2)14(18)9-13(12)17/h4-9H,3H2,1-2H3. The summed E-state index contributed by atoms with van der Waals surface area (Å²) in [6, 6.07) is 9.55. The molecule has 104 valence electrons. The fourth-order valence-electron chi connectivity index (χ4n) is 1.91. The maximum atomic E-state index is 13.4. The fraction of sp³-hybridized carbons (Fsp3) is 0.188. The van der Waals surface area contributed by atoms with E-state index in [1.54, 1.807) is 31.2 Å². The predicted octanol–water partition coefficient (Wildman–Crippen LogP) is 4.42. The zero-order valence-electron chi connectivity index (χ0n) is 11.2. The summed E-state index contributed by atoms with van der Waals surface area (Å²) < 4.78 is 18.8. The number of rotatable bonds is 4. The van der Waals surface area contributed by atoms with E-state index in [-0.39, 0.29) is 16.4 Å². The molecule has 0 spiro atoms. The van der Waals surface area contributed by atoms with Gasteiger partial charge in [0, 0.05) is 5.56 Å². The number of carbonyl (C=O) groups is 1. The minimum atomic E-state index is -0.426. The van der Waals surface area contributed by atoms with Crippen LogP contribution in [0.5, 0.6) is 5.75 Å². The van der Waals surface area contributed by atoms with Gasteiger partial charge in [0.1, 0.15) is 11.6 Å². The molecular weight excluding hydrogens is 279 g/mol. The van der Waals surface area contributed by atoms with Gasteiger partial charge in [-0.05, 0) is 43.7 Å². The SMILES string of the molecule is CCOc1ccccc1C(=O)c1cc(C)c(F)cc1Cl. The second kappa shape index (κ2) is 6.06. The van der Waals surface area contributed by atoms with Gasteiger partial charge < -0.3 is 4.74 Å². The van der Waals surface area contributed by atoms with Gasteiger partial charge in [0.2, 0.25) is 0 Å². The molecule has 0 heterocycles. The Morgan fingerprint density at radius 1 is 1.25 bits per heavy atom. The minimum absolute atomic E-state index is 0.101. The summed E-state index contributed by atoms with van der Waals surface area (Å²) in [5.74, 6) is -0.204. The first-order valence-electron chi connectivity index (χ1n) is 6.26. The molecule has 20 heavy (non-hydrogen) atoms. The number of ether oxygens (including phenoxy) is 1.